The van der Waals surface area contributed by atoms with E-state index in [0.717, 1.165) is 50.8 Å². The van der Waals surface area contributed by atoms with E-state index in [-0.39, 0.29) is 0 Å². The largest absolute Gasteiger partial charge is 0.385 e. The summed E-state index contributed by atoms with van der Waals surface area (Å²) in [5.41, 5.74) is 0. The normalized spacial score (nSPS) is 20.9. The van der Waals surface area contributed by atoms with Gasteiger partial charge < -0.3 is 19.7 Å². The summed E-state index contributed by atoms with van der Waals surface area (Å²) in [6, 6.07) is 0. The van der Waals surface area contributed by atoms with Gasteiger partial charge in [0, 0.05) is 33.4 Å². The molecule has 0 amide bonds. The Labute approximate surface area is 103 Å². The molecule has 0 aromatic heterocycles. The fourth-order valence-electron chi connectivity index (χ4n) is 1.67. The maximum atomic E-state index is 5.60. The summed E-state index contributed by atoms with van der Waals surface area (Å²) in [7, 11) is 1.71. The molecule has 0 spiro atoms. The van der Waals surface area contributed by atoms with Gasteiger partial charge in [0.15, 0.2) is 5.11 Å². The summed E-state index contributed by atoms with van der Waals surface area (Å²) in [5.74, 6) is 0. The van der Waals surface area contributed by atoms with E-state index in [1.54, 1.807) is 7.11 Å². The van der Waals surface area contributed by atoms with Crippen LogP contribution in [0.15, 0.2) is 0 Å². The Kier molecular flexibility index (Phi) is 6.68. The van der Waals surface area contributed by atoms with E-state index in [9.17, 15) is 0 Å². The minimum atomic E-state index is 0.326. The van der Waals surface area contributed by atoms with E-state index in [0.29, 0.717) is 6.10 Å². The quantitative estimate of drug-likeness (QED) is 0.578. The number of ether oxygens (including phenoxy) is 2. The average molecular weight is 246 g/mol. The Hall–Kier alpha value is -0.390. The van der Waals surface area contributed by atoms with Crippen LogP contribution >= 0.6 is 12.2 Å². The van der Waals surface area contributed by atoms with Crippen LogP contribution in [-0.2, 0) is 9.47 Å². The van der Waals surface area contributed by atoms with Gasteiger partial charge in [0.05, 0.1) is 12.7 Å². The highest BCUT2D eigenvalue weighted by Gasteiger charge is 2.20. The monoisotopic (exact) mass is 246 g/mol. The molecule has 5 heteroatoms. The Morgan fingerprint density at radius 2 is 2.44 bits per heavy atom. The van der Waals surface area contributed by atoms with Crippen molar-refractivity contribution in [2.24, 2.45) is 0 Å². The van der Waals surface area contributed by atoms with Crippen molar-refractivity contribution < 1.29 is 9.47 Å². The summed E-state index contributed by atoms with van der Waals surface area (Å²) in [4.78, 5) is 2.19. The number of hydrogen-bond donors (Lipinski definition) is 1. The Morgan fingerprint density at radius 3 is 3.12 bits per heavy atom. The lowest BCUT2D eigenvalue weighted by molar-refractivity contribution is -0.00722. The summed E-state index contributed by atoms with van der Waals surface area (Å²) in [5, 5.41) is 4.10. The van der Waals surface area contributed by atoms with Crippen molar-refractivity contribution in [1.82, 2.24) is 10.2 Å². The molecule has 94 valence electrons. The number of nitrogens with one attached hydrogen (secondary N) is 1. The third-order valence-corrected chi connectivity index (χ3v) is 3.09. The summed E-state index contributed by atoms with van der Waals surface area (Å²) >= 11 is 5.34. The molecule has 1 unspecified atom stereocenters. The molecule has 1 heterocycles. The summed E-state index contributed by atoms with van der Waals surface area (Å²) in [6.07, 6.45) is 2.36. The lowest BCUT2D eigenvalue weighted by Crippen LogP contribution is -2.49. The van der Waals surface area contributed by atoms with Crippen LogP contribution in [0.4, 0.5) is 0 Å². The van der Waals surface area contributed by atoms with Gasteiger partial charge in [-0.25, -0.2) is 0 Å². The smallest absolute Gasteiger partial charge is 0.169 e. The number of morpholine rings is 1. The second-order valence-corrected chi connectivity index (χ2v) is 4.31. The molecule has 0 radical (unpaired) electrons. The van der Waals surface area contributed by atoms with Crippen LogP contribution in [-0.4, -0.2) is 56.1 Å². The lowest BCUT2D eigenvalue weighted by Gasteiger charge is -2.34. The number of rotatable bonds is 5. The SMILES string of the molecule is CCC1CN(C(=S)NCCCOC)CCO1. The van der Waals surface area contributed by atoms with E-state index in [1.165, 1.54) is 0 Å². The zero-order valence-electron chi connectivity index (χ0n) is 10.2. The van der Waals surface area contributed by atoms with Gasteiger partial charge in [-0.05, 0) is 25.1 Å². The van der Waals surface area contributed by atoms with Gasteiger partial charge in [0.25, 0.3) is 0 Å². The third kappa shape index (κ3) is 4.63. The first-order valence-electron chi connectivity index (χ1n) is 5.91. The molecule has 1 saturated heterocycles. The molecule has 0 aromatic rings. The van der Waals surface area contributed by atoms with Crippen molar-refractivity contribution in [3.05, 3.63) is 0 Å². The standard InChI is InChI=1S/C11H22N2O2S/c1-3-10-9-13(6-8-15-10)11(16)12-5-4-7-14-2/h10H,3-9H2,1-2H3,(H,12,16). The number of methoxy groups -OCH3 is 1. The average Bonchev–Trinajstić information content (AvgIpc) is 2.34. The zero-order chi connectivity index (χ0) is 11.8. The molecule has 0 aromatic carbocycles. The zero-order valence-corrected chi connectivity index (χ0v) is 11.0. The highest BCUT2D eigenvalue weighted by atomic mass is 32.1. The van der Waals surface area contributed by atoms with Crippen LogP contribution in [0.25, 0.3) is 0 Å². The van der Waals surface area contributed by atoms with Crippen LogP contribution < -0.4 is 5.32 Å². The Bertz CT molecular complexity index is 214. The van der Waals surface area contributed by atoms with Gasteiger partial charge in [-0.1, -0.05) is 6.92 Å². The van der Waals surface area contributed by atoms with Crippen LogP contribution in [0, 0.1) is 0 Å². The predicted octanol–water partition coefficient (Wildman–Crippen LogP) is 1.01. The molecule has 1 aliphatic rings. The van der Waals surface area contributed by atoms with Crippen molar-refractivity contribution >= 4 is 17.3 Å². The molecule has 0 saturated carbocycles. The Morgan fingerprint density at radius 1 is 1.62 bits per heavy atom. The van der Waals surface area contributed by atoms with Gasteiger partial charge in [0.2, 0.25) is 0 Å². The first-order valence-corrected chi connectivity index (χ1v) is 6.32. The molecule has 1 N–H and O–H groups in total. The van der Waals surface area contributed by atoms with Gasteiger partial charge in [-0.3, -0.25) is 0 Å². The maximum absolute atomic E-state index is 5.60. The number of nitrogens with zero attached hydrogens (tertiary/aromatic N) is 1. The maximum Gasteiger partial charge on any atom is 0.169 e. The lowest BCUT2D eigenvalue weighted by atomic mass is 10.2. The molecule has 4 nitrogen and oxygen atoms in total. The van der Waals surface area contributed by atoms with Gasteiger partial charge in [-0.15, -0.1) is 0 Å². The van der Waals surface area contributed by atoms with E-state index >= 15 is 0 Å². The molecular weight excluding hydrogens is 224 g/mol. The molecule has 0 bridgehead atoms. The van der Waals surface area contributed by atoms with Crippen LogP contribution in [0.1, 0.15) is 19.8 Å². The highest BCUT2D eigenvalue weighted by Crippen LogP contribution is 2.08. The van der Waals surface area contributed by atoms with E-state index in [4.69, 9.17) is 21.7 Å². The summed E-state index contributed by atoms with van der Waals surface area (Å²) < 4.78 is 10.6. The topological polar surface area (TPSA) is 33.7 Å². The fraction of sp³-hybridized carbons (Fsp3) is 0.909. The van der Waals surface area contributed by atoms with Crippen LogP contribution in [0.3, 0.4) is 0 Å². The second-order valence-electron chi connectivity index (χ2n) is 3.93. The number of thiocarbonyl (C=S) groups is 1. The molecule has 1 atom stereocenters. The first kappa shape index (κ1) is 13.7. The van der Waals surface area contributed by atoms with E-state index in [1.807, 2.05) is 0 Å². The first-order chi connectivity index (χ1) is 7.77. The minimum absolute atomic E-state index is 0.326. The van der Waals surface area contributed by atoms with Crippen molar-refractivity contribution in [2.75, 3.05) is 40.0 Å². The molecule has 1 rings (SSSR count). The van der Waals surface area contributed by atoms with Gasteiger partial charge in [-0.2, -0.15) is 0 Å². The minimum Gasteiger partial charge on any atom is -0.385 e. The van der Waals surface area contributed by atoms with Gasteiger partial charge in [0.1, 0.15) is 0 Å². The Balaban J connectivity index is 2.19. The highest BCUT2D eigenvalue weighted by molar-refractivity contribution is 7.80. The fourth-order valence-corrected chi connectivity index (χ4v) is 1.94. The van der Waals surface area contributed by atoms with E-state index in [2.05, 4.69) is 17.1 Å². The molecule has 1 fully saturated rings. The van der Waals surface area contributed by atoms with Crippen LogP contribution in [0.5, 0.6) is 0 Å². The molecule has 0 aliphatic carbocycles. The van der Waals surface area contributed by atoms with Crippen LogP contribution in [0.2, 0.25) is 0 Å². The predicted molar refractivity (Wildman–Crippen MR) is 68.7 cm³/mol. The third-order valence-electron chi connectivity index (χ3n) is 2.68. The molecular formula is C11H22N2O2S. The molecule has 16 heavy (non-hydrogen) atoms. The summed E-state index contributed by atoms with van der Waals surface area (Å²) in [6.45, 7) is 6.37. The second kappa shape index (κ2) is 7.81. The van der Waals surface area contributed by atoms with Crippen molar-refractivity contribution in [3.63, 3.8) is 0 Å². The molecule has 1 aliphatic heterocycles. The van der Waals surface area contributed by atoms with Gasteiger partial charge >= 0.3 is 0 Å². The van der Waals surface area contributed by atoms with Crippen molar-refractivity contribution in [3.8, 4) is 0 Å². The van der Waals surface area contributed by atoms with Crippen molar-refractivity contribution in [2.45, 2.75) is 25.9 Å². The number of hydrogen-bond acceptors (Lipinski definition) is 3. The van der Waals surface area contributed by atoms with E-state index < -0.39 is 0 Å². The van der Waals surface area contributed by atoms with Crippen molar-refractivity contribution in [1.29, 1.82) is 0 Å².